The van der Waals surface area contributed by atoms with Crippen molar-refractivity contribution in [3.63, 3.8) is 0 Å². The topological polar surface area (TPSA) is 84.0 Å². The van der Waals surface area contributed by atoms with Gasteiger partial charge >= 0.3 is 5.97 Å². The number of esters is 1. The van der Waals surface area contributed by atoms with Gasteiger partial charge in [0.1, 0.15) is 5.92 Å². The Morgan fingerprint density at radius 3 is 1.98 bits per heavy atom. The highest BCUT2D eigenvalue weighted by Gasteiger charge is 2.53. The van der Waals surface area contributed by atoms with Gasteiger partial charge in [0, 0.05) is 18.8 Å². The molecule has 0 aromatic heterocycles. The molecule has 0 N–H and O–H groups in total. The van der Waals surface area contributed by atoms with E-state index in [1.54, 1.807) is 35.2 Å². The summed E-state index contributed by atoms with van der Waals surface area (Å²) >= 11 is 0. The van der Waals surface area contributed by atoms with E-state index >= 15 is 0 Å². The van der Waals surface area contributed by atoms with Crippen molar-refractivity contribution in [1.29, 1.82) is 0 Å². The molecule has 0 heterocycles. The van der Waals surface area contributed by atoms with Crippen molar-refractivity contribution in [2.24, 2.45) is 11.8 Å². The van der Waals surface area contributed by atoms with Crippen LogP contribution >= 0.6 is 0 Å². The van der Waals surface area contributed by atoms with Crippen molar-refractivity contribution in [2.45, 2.75) is 32.2 Å². The van der Waals surface area contributed by atoms with Gasteiger partial charge in [-0.15, -0.1) is 0 Å². The van der Waals surface area contributed by atoms with Crippen LogP contribution < -0.4 is 0 Å². The number of aryl methyl sites for hydroxylation is 1. The fourth-order valence-electron chi connectivity index (χ4n) is 5.09. The molecule has 0 fully saturated rings. The van der Waals surface area contributed by atoms with Gasteiger partial charge in [-0.05, 0) is 49.6 Å². The van der Waals surface area contributed by atoms with Gasteiger partial charge in [0.05, 0.1) is 24.5 Å². The van der Waals surface area contributed by atoms with Gasteiger partial charge in [0.2, 0.25) is 5.91 Å². The van der Waals surface area contributed by atoms with E-state index in [9.17, 15) is 18.0 Å². The standard InChI is InChI=1S/C33H36N2O5S/c1-5-34(6-2)32(36)30-29(33(37)40-4)28(22-19-25-13-9-7-10-14-25)31(30)35(23-26-15-11-8-12-16-26)41(38,39)27-20-17-24(3)18-21-27/h7-22,29-30H,5-6,23H2,1-4H3/b22-19+/t29-,30-/m1/s1. The average molecular weight is 573 g/mol. The second-order valence-corrected chi connectivity index (χ2v) is 11.7. The number of allylic oxidation sites excluding steroid dienone is 1. The van der Waals surface area contributed by atoms with Crippen LogP contribution in [-0.2, 0) is 30.9 Å². The summed E-state index contributed by atoms with van der Waals surface area (Å²) in [6.07, 6.45) is 3.56. The Morgan fingerprint density at radius 1 is 0.829 bits per heavy atom. The summed E-state index contributed by atoms with van der Waals surface area (Å²) < 4.78 is 35.1. The molecule has 3 aromatic carbocycles. The Labute approximate surface area is 242 Å². The van der Waals surface area contributed by atoms with Crippen LogP contribution in [0.3, 0.4) is 0 Å². The molecule has 214 valence electrons. The highest BCUT2D eigenvalue weighted by Crippen LogP contribution is 2.48. The number of hydrogen-bond acceptors (Lipinski definition) is 5. The molecule has 0 spiro atoms. The molecule has 1 amide bonds. The molecule has 1 aliphatic rings. The van der Waals surface area contributed by atoms with Crippen molar-refractivity contribution in [1.82, 2.24) is 9.21 Å². The lowest BCUT2D eigenvalue weighted by Crippen LogP contribution is -2.53. The number of benzene rings is 3. The second kappa shape index (κ2) is 13.0. The monoisotopic (exact) mass is 572 g/mol. The SMILES string of the molecule is CCN(CC)C(=O)[C@H]1C(N(Cc2ccccc2)S(=O)(=O)c2ccc(C)cc2)=C(/C=C/c2ccccc2)[C@H]1C(=O)OC. The van der Waals surface area contributed by atoms with Crippen LogP contribution in [0.2, 0.25) is 0 Å². The Bertz CT molecular complexity index is 1530. The molecule has 8 heteroatoms. The van der Waals surface area contributed by atoms with Gasteiger partial charge in [-0.1, -0.05) is 90.5 Å². The minimum absolute atomic E-state index is 0.00895. The van der Waals surface area contributed by atoms with Gasteiger partial charge in [-0.2, -0.15) is 0 Å². The summed E-state index contributed by atoms with van der Waals surface area (Å²) in [5.74, 6) is -2.87. The Morgan fingerprint density at radius 2 is 1.41 bits per heavy atom. The van der Waals surface area contributed by atoms with E-state index in [1.165, 1.54) is 11.4 Å². The van der Waals surface area contributed by atoms with Gasteiger partial charge in [0.15, 0.2) is 0 Å². The number of carbonyl (C=O) groups is 2. The summed E-state index contributed by atoms with van der Waals surface area (Å²) in [6.45, 7) is 6.44. The van der Waals surface area contributed by atoms with Gasteiger partial charge in [0.25, 0.3) is 10.0 Å². The fraction of sp³-hybridized carbons (Fsp3) is 0.273. The van der Waals surface area contributed by atoms with Crippen molar-refractivity contribution in [3.05, 3.63) is 119 Å². The van der Waals surface area contributed by atoms with E-state index in [0.29, 0.717) is 18.7 Å². The molecule has 0 unspecified atom stereocenters. The Balaban J connectivity index is 1.97. The zero-order valence-corrected chi connectivity index (χ0v) is 24.7. The number of amides is 1. The molecule has 7 nitrogen and oxygen atoms in total. The number of sulfonamides is 1. The lowest BCUT2D eigenvalue weighted by molar-refractivity contribution is -0.152. The Hall–Kier alpha value is -4.17. The summed E-state index contributed by atoms with van der Waals surface area (Å²) in [6, 6.07) is 25.4. The van der Waals surface area contributed by atoms with Crippen LogP contribution in [0.1, 0.15) is 30.5 Å². The molecule has 0 saturated carbocycles. The Kier molecular flexibility index (Phi) is 9.45. The minimum atomic E-state index is -4.13. The van der Waals surface area contributed by atoms with Crippen LogP contribution in [-0.4, -0.2) is 49.7 Å². The van der Waals surface area contributed by atoms with Crippen molar-refractivity contribution in [3.8, 4) is 0 Å². The van der Waals surface area contributed by atoms with E-state index in [1.807, 2.05) is 87.5 Å². The summed E-state index contributed by atoms with van der Waals surface area (Å²) in [5, 5.41) is 0. The number of methoxy groups -OCH3 is 1. The van der Waals surface area contributed by atoms with Gasteiger partial charge < -0.3 is 9.64 Å². The summed E-state index contributed by atoms with van der Waals surface area (Å²) in [5.41, 5.74) is 3.27. The van der Waals surface area contributed by atoms with Crippen LogP contribution in [0.25, 0.3) is 6.08 Å². The van der Waals surface area contributed by atoms with Crippen LogP contribution in [0, 0.1) is 18.8 Å². The van der Waals surface area contributed by atoms with E-state index < -0.39 is 27.8 Å². The normalized spacial score (nSPS) is 16.8. The van der Waals surface area contributed by atoms with E-state index in [-0.39, 0.29) is 23.0 Å². The molecule has 41 heavy (non-hydrogen) atoms. The zero-order chi connectivity index (χ0) is 29.6. The van der Waals surface area contributed by atoms with Crippen molar-refractivity contribution < 1.29 is 22.7 Å². The van der Waals surface area contributed by atoms with Gasteiger partial charge in [-0.25, -0.2) is 8.42 Å². The number of carbonyl (C=O) groups excluding carboxylic acids is 2. The zero-order valence-electron chi connectivity index (χ0n) is 23.9. The predicted octanol–water partition coefficient (Wildman–Crippen LogP) is 5.44. The molecular weight excluding hydrogens is 536 g/mol. The molecule has 0 aliphatic heterocycles. The highest BCUT2D eigenvalue weighted by molar-refractivity contribution is 7.89. The molecule has 0 saturated heterocycles. The van der Waals surface area contributed by atoms with Crippen molar-refractivity contribution in [2.75, 3.05) is 20.2 Å². The number of rotatable bonds is 11. The molecule has 3 aromatic rings. The second-order valence-electron chi connectivity index (χ2n) is 9.88. The first-order valence-electron chi connectivity index (χ1n) is 13.7. The maximum Gasteiger partial charge on any atom is 0.314 e. The highest BCUT2D eigenvalue weighted by atomic mass is 32.2. The van der Waals surface area contributed by atoms with E-state index in [0.717, 1.165) is 16.7 Å². The van der Waals surface area contributed by atoms with Gasteiger partial charge in [-0.3, -0.25) is 13.9 Å². The predicted molar refractivity (Wildman–Crippen MR) is 160 cm³/mol. The first kappa shape index (κ1) is 29.8. The third-order valence-corrected chi connectivity index (χ3v) is 9.13. The number of hydrogen-bond donors (Lipinski definition) is 0. The molecular formula is C33H36N2O5S. The summed E-state index contributed by atoms with van der Waals surface area (Å²) in [7, 11) is -2.85. The third-order valence-electron chi connectivity index (χ3n) is 7.36. The third kappa shape index (κ3) is 6.28. The smallest absolute Gasteiger partial charge is 0.314 e. The maximum atomic E-state index is 14.4. The average Bonchev–Trinajstić information content (AvgIpc) is 2.98. The van der Waals surface area contributed by atoms with Crippen molar-refractivity contribution >= 4 is 28.0 Å². The van der Waals surface area contributed by atoms with Crippen LogP contribution in [0.15, 0.2) is 107 Å². The fourth-order valence-corrected chi connectivity index (χ4v) is 6.62. The first-order valence-corrected chi connectivity index (χ1v) is 15.1. The largest absolute Gasteiger partial charge is 0.469 e. The van der Waals surface area contributed by atoms with E-state index in [4.69, 9.17) is 4.74 Å². The first-order chi connectivity index (χ1) is 19.7. The molecule has 2 atom stereocenters. The van der Waals surface area contributed by atoms with E-state index in [2.05, 4.69) is 0 Å². The molecule has 0 bridgehead atoms. The lowest BCUT2D eigenvalue weighted by atomic mass is 9.69. The summed E-state index contributed by atoms with van der Waals surface area (Å²) in [4.78, 5) is 28.9. The molecule has 4 rings (SSSR count). The molecule has 1 aliphatic carbocycles. The van der Waals surface area contributed by atoms with Crippen LogP contribution in [0.5, 0.6) is 0 Å². The van der Waals surface area contributed by atoms with Crippen LogP contribution in [0.4, 0.5) is 0 Å². The minimum Gasteiger partial charge on any atom is -0.469 e. The number of nitrogens with zero attached hydrogens (tertiary/aromatic N) is 2. The number of ether oxygens (including phenoxy) is 1. The lowest BCUT2D eigenvalue weighted by Gasteiger charge is -2.45. The quantitative estimate of drug-likeness (QED) is 0.286. The molecule has 0 radical (unpaired) electrons. The maximum absolute atomic E-state index is 14.4.